The number of nitrogens with two attached hydrogens (primary N) is 1. The molecule has 0 aliphatic rings. The summed E-state index contributed by atoms with van der Waals surface area (Å²) in [4.78, 5) is 12.3. The molecule has 3 N–H and O–H groups in total. The second-order valence-corrected chi connectivity index (χ2v) is 3.41. The average Bonchev–Trinajstić information content (AvgIpc) is 2.16. The maximum absolute atomic E-state index is 13.0. The number of rotatable bonds is 3. The van der Waals surface area contributed by atoms with Crippen LogP contribution < -0.4 is 10.6 Å². The summed E-state index contributed by atoms with van der Waals surface area (Å²) < 4.78 is 13.0. The summed E-state index contributed by atoms with van der Waals surface area (Å²) in [5, 5.41) is 8.77. The molecule has 0 spiro atoms. The summed E-state index contributed by atoms with van der Waals surface area (Å²) >= 11 is 0. The van der Waals surface area contributed by atoms with Gasteiger partial charge in [-0.1, -0.05) is 6.07 Å². The van der Waals surface area contributed by atoms with Crippen molar-refractivity contribution in [2.45, 2.75) is 6.04 Å². The maximum Gasteiger partial charge on any atom is 0.325 e. The molecule has 1 atom stereocenters. The highest BCUT2D eigenvalue weighted by Crippen LogP contribution is 2.24. The molecule has 1 unspecified atom stereocenters. The second kappa shape index (κ2) is 4.27. The van der Waals surface area contributed by atoms with E-state index in [0.29, 0.717) is 11.3 Å². The fraction of sp³-hybridized carbons (Fsp3) is 0.300. The molecule has 0 saturated carbocycles. The SMILES string of the molecule is CN(C)c1cc(F)ccc1C(N)C(=O)O. The van der Waals surface area contributed by atoms with Gasteiger partial charge in [-0.2, -0.15) is 0 Å². The predicted molar refractivity (Wildman–Crippen MR) is 55.3 cm³/mol. The summed E-state index contributed by atoms with van der Waals surface area (Å²) in [5.41, 5.74) is 6.35. The number of nitrogens with zero attached hydrogens (tertiary/aromatic N) is 1. The minimum atomic E-state index is -1.14. The fourth-order valence-electron chi connectivity index (χ4n) is 1.30. The molecule has 0 aromatic heterocycles. The summed E-state index contributed by atoms with van der Waals surface area (Å²) in [7, 11) is 3.40. The van der Waals surface area contributed by atoms with Gasteiger partial charge in [0.05, 0.1) is 0 Å². The van der Waals surface area contributed by atoms with Crippen LogP contribution in [0, 0.1) is 5.82 Å². The van der Waals surface area contributed by atoms with Gasteiger partial charge in [0.2, 0.25) is 0 Å². The van der Waals surface area contributed by atoms with E-state index >= 15 is 0 Å². The van der Waals surface area contributed by atoms with Crippen molar-refractivity contribution in [2.75, 3.05) is 19.0 Å². The molecule has 1 aromatic rings. The molecule has 82 valence electrons. The number of anilines is 1. The maximum atomic E-state index is 13.0. The molecule has 0 radical (unpaired) electrons. The number of hydrogen-bond donors (Lipinski definition) is 2. The van der Waals surface area contributed by atoms with Crippen LogP contribution >= 0.6 is 0 Å². The number of carboxylic acids is 1. The molecular formula is C10H13FN2O2. The zero-order valence-corrected chi connectivity index (χ0v) is 8.57. The van der Waals surface area contributed by atoms with Crippen molar-refractivity contribution in [3.05, 3.63) is 29.6 Å². The Hall–Kier alpha value is -1.62. The van der Waals surface area contributed by atoms with Gasteiger partial charge in [0.15, 0.2) is 0 Å². The topological polar surface area (TPSA) is 66.6 Å². The van der Waals surface area contributed by atoms with Crippen molar-refractivity contribution in [3.63, 3.8) is 0 Å². The highest BCUT2D eigenvalue weighted by molar-refractivity contribution is 5.78. The van der Waals surface area contributed by atoms with E-state index in [1.807, 2.05) is 0 Å². The van der Waals surface area contributed by atoms with Crippen LogP contribution in [0.15, 0.2) is 18.2 Å². The fourth-order valence-corrected chi connectivity index (χ4v) is 1.30. The Kier molecular flexibility index (Phi) is 3.26. The van der Waals surface area contributed by atoms with Crippen LogP contribution in [0.3, 0.4) is 0 Å². The normalized spacial score (nSPS) is 12.3. The lowest BCUT2D eigenvalue weighted by Crippen LogP contribution is -2.24. The second-order valence-electron chi connectivity index (χ2n) is 3.41. The Bertz CT molecular complexity index is 380. The molecule has 5 heteroatoms. The molecule has 4 nitrogen and oxygen atoms in total. The Morgan fingerprint density at radius 3 is 2.60 bits per heavy atom. The van der Waals surface area contributed by atoms with Crippen molar-refractivity contribution < 1.29 is 14.3 Å². The van der Waals surface area contributed by atoms with Crippen molar-refractivity contribution >= 4 is 11.7 Å². The van der Waals surface area contributed by atoms with Gasteiger partial charge in [-0.05, 0) is 12.1 Å². The van der Waals surface area contributed by atoms with Crippen LogP contribution in [0.1, 0.15) is 11.6 Å². The van der Waals surface area contributed by atoms with Crippen molar-refractivity contribution in [1.29, 1.82) is 0 Å². The largest absolute Gasteiger partial charge is 0.480 e. The van der Waals surface area contributed by atoms with Gasteiger partial charge in [0, 0.05) is 25.3 Å². The molecular weight excluding hydrogens is 199 g/mol. The van der Waals surface area contributed by atoms with Crippen LogP contribution in [0.5, 0.6) is 0 Å². The third kappa shape index (κ3) is 2.44. The van der Waals surface area contributed by atoms with Crippen LogP contribution in [-0.2, 0) is 4.79 Å². The van der Waals surface area contributed by atoms with E-state index in [1.54, 1.807) is 19.0 Å². The molecule has 0 aliphatic heterocycles. The highest BCUT2D eigenvalue weighted by atomic mass is 19.1. The van der Waals surface area contributed by atoms with E-state index in [-0.39, 0.29) is 0 Å². The Labute approximate surface area is 87.1 Å². The minimum absolute atomic E-state index is 0.397. The van der Waals surface area contributed by atoms with E-state index in [1.165, 1.54) is 18.2 Å². The number of benzene rings is 1. The molecule has 0 heterocycles. The summed E-state index contributed by atoms with van der Waals surface area (Å²) in [6, 6.07) is 2.72. The van der Waals surface area contributed by atoms with Gasteiger partial charge >= 0.3 is 5.97 Å². The molecule has 0 amide bonds. The third-order valence-corrected chi connectivity index (χ3v) is 2.08. The average molecular weight is 212 g/mol. The summed E-state index contributed by atoms with van der Waals surface area (Å²) in [6.07, 6.45) is 0. The van der Waals surface area contributed by atoms with Gasteiger partial charge in [-0.15, -0.1) is 0 Å². The molecule has 0 bridgehead atoms. The number of halogens is 1. The monoisotopic (exact) mass is 212 g/mol. The van der Waals surface area contributed by atoms with Gasteiger partial charge in [-0.3, -0.25) is 4.79 Å². The van der Waals surface area contributed by atoms with E-state index in [9.17, 15) is 9.18 Å². The smallest absolute Gasteiger partial charge is 0.325 e. The molecule has 15 heavy (non-hydrogen) atoms. The van der Waals surface area contributed by atoms with Gasteiger partial charge in [0.1, 0.15) is 11.9 Å². The highest BCUT2D eigenvalue weighted by Gasteiger charge is 2.19. The van der Waals surface area contributed by atoms with Crippen molar-refractivity contribution in [3.8, 4) is 0 Å². The van der Waals surface area contributed by atoms with Crippen molar-refractivity contribution in [2.24, 2.45) is 5.73 Å². The summed E-state index contributed by atoms with van der Waals surface area (Å²) in [6.45, 7) is 0. The van der Waals surface area contributed by atoms with Gasteiger partial charge < -0.3 is 15.7 Å². The number of hydrogen-bond acceptors (Lipinski definition) is 3. The van der Waals surface area contributed by atoms with Crippen LogP contribution in [0.25, 0.3) is 0 Å². The zero-order valence-electron chi connectivity index (χ0n) is 8.57. The van der Waals surface area contributed by atoms with Crippen LogP contribution in [-0.4, -0.2) is 25.2 Å². The Morgan fingerprint density at radius 2 is 2.13 bits per heavy atom. The number of carboxylic acid groups (broad SMARTS) is 1. The Morgan fingerprint density at radius 1 is 1.53 bits per heavy atom. The lowest BCUT2D eigenvalue weighted by atomic mass is 10.0. The molecule has 1 aromatic carbocycles. The molecule has 0 saturated heterocycles. The van der Waals surface area contributed by atoms with Gasteiger partial charge in [-0.25, -0.2) is 4.39 Å². The molecule has 0 aliphatic carbocycles. The van der Waals surface area contributed by atoms with E-state index in [2.05, 4.69) is 0 Å². The summed E-state index contributed by atoms with van der Waals surface area (Å²) in [5.74, 6) is -1.55. The number of aliphatic carboxylic acids is 1. The zero-order chi connectivity index (χ0) is 11.6. The van der Waals surface area contributed by atoms with Crippen molar-refractivity contribution in [1.82, 2.24) is 0 Å². The number of carbonyl (C=O) groups is 1. The van der Waals surface area contributed by atoms with E-state index < -0.39 is 17.8 Å². The first-order valence-electron chi connectivity index (χ1n) is 4.38. The lowest BCUT2D eigenvalue weighted by molar-refractivity contribution is -0.138. The van der Waals surface area contributed by atoms with E-state index in [0.717, 1.165) is 0 Å². The van der Waals surface area contributed by atoms with Gasteiger partial charge in [0.25, 0.3) is 0 Å². The predicted octanol–water partition coefficient (Wildman–Crippen LogP) is 0.976. The first-order valence-corrected chi connectivity index (χ1v) is 4.38. The first kappa shape index (κ1) is 11.5. The van der Waals surface area contributed by atoms with E-state index in [4.69, 9.17) is 10.8 Å². The first-order chi connectivity index (χ1) is 6.93. The molecule has 1 rings (SSSR count). The van der Waals surface area contributed by atoms with Crippen LogP contribution in [0.4, 0.5) is 10.1 Å². The minimum Gasteiger partial charge on any atom is -0.480 e. The van der Waals surface area contributed by atoms with Crippen LogP contribution in [0.2, 0.25) is 0 Å². The third-order valence-electron chi connectivity index (χ3n) is 2.08. The standard InChI is InChI=1S/C10H13FN2O2/c1-13(2)8-5-6(11)3-4-7(8)9(12)10(14)15/h3-5,9H,12H2,1-2H3,(H,14,15). The molecule has 0 fully saturated rings. The quantitative estimate of drug-likeness (QED) is 0.783. The Balaban J connectivity index is 3.22. The lowest BCUT2D eigenvalue weighted by Gasteiger charge is -2.19.